The molecule has 128 valence electrons. The highest BCUT2D eigenvalue weighted by Gasteiger charge is 2.32. The summed E-state index contributed by atoms with van der Waals surface area (Å²) in [6.07, 6.45) is 6.56. The van der Waals surface area contributed by atoms with E-state index in [2.05, 4.69) is 22.2 Å². The van der Waals surface area contributed by atoms with Crippen molar-refractivity contribution in [2.45, 2.75) is 76.6 Å². The lowest BCUT2D eigenvalue weighted by atomic mass is 9.89. The third-order valence-electron chi connectivity index (χ3n) is 5.13. The Labute approximate surface area is 135 Å². The molecule has 5 heteroatoms. The van der Waals surface area contributed by atoms with Gasteiger partial charge in [0.2, 0.25) is 5.91 Å². The molecule has 1 amide bonds. The Morgan fingerprint density at radius 1 is 1.23 bits per heavy atom. The first-order valence-corrected chi connectivity index (χ1v) is 8.89. The van der Waals surface area contributed by atoms with E-state index in [1.807, 2.05) is 13.8 Å². The molecule has 0 radical (unpaired) electrons. The van der Waals surface area contributed by atoms with Crippen LogP contribution < -0.4 is 5.32 Å². The van der Waals surface area contributed by atoms with Crippen LogP contribution in [-0.2, 0) is 4.79 Å². The van der Waals surface area contributed by atoms with Crippen LogP contribution in [-0.4, -0.2) is 71.7 Å². The van der Waals surface area contributed by atoms with E-state index in [0.717, 1.165) is 38.8 Å². The first-order valence-electron chi connectivity index (χ1n) is 8.89. The summed E-state index contributed by atoms with van der Waals surface area (Å²) in [5.41, 5.74) is 0. The summed E-state index contributed by atoms with van der Waals surface area (Å²) < 4.78 is 0. The van der Waals surface area contributed by atoms with Crippen LogP contribution in [0.5, 0.6) is 0 Å². The molecule has 2 N–H and O–H groups in total. The van der Waals surface area contributed by atoms with Crippen molar-refractivity contribution in [3.05, 3.63) is 0 Å². The summed E-state index contributed by atoms with van der Waals surface area (Å²) in [4.78, 5) is 16.5. The summed E-state index contributed by atoms with van der Waals surface area (Å²) in [6, 6.07) is 1.05. The number of piperidine rings is 1. The van der Waals surface area contributed by atoms with E-state index in [9.17, 15) is 9.90 Å². The maximum Gasteiger partial charge on any atom is 0.234 e. The Balaban J connectivity index is 1.75. The molecule has 22 heavy (non-hydrogen) atoms. The van der Waals surface area contributed by atoms with E-state index in [-0.39, 0.29) is 18.1 Å². The van der Waals surface area contributed by atoms with Gasteiger partial charge < -0.3 is 10.4 Å². The maximum absolute atomic E-state index is 11.9. The normalized spacial score (nSPS) is 28.3. The standard InChI is InChI=1S/C17H33N3O2/c1-13(2)18-17(22)12-19(3)14-8-10-20(11-9-14)15-6-4-5-7-16(15)21/h13-16,21H,4-12H2,1-3H3,(H,18,22). The van der Waals surface area contributed by atoms with E-state index < -0.39 is 0 Å². The van der Waals surface area contributed by atoms with Gasteiger partial charge in [0.15, 0.2) is 0 Å². The minimum absolute atomic E-state index is 0.114. The van der Waals surface area contributed by atoms with Gasteiger partial charge in [0, 0.05) is 31.2 Å². The smallest absolute Gasteiger partial charge is 0.234 e. The van der Waals surface area contributed by atoms with Crippen molar-refractivity contribution in [1.82, 2.24) is 15.1 Å². The number of hydrogen-bond acceptors (Lipinski definition) is 4. The average Bonchev–Trinajstić information content (AvgIpc) is 2.47. The molecule has 2 atom stereocenters. The van der Waals surface area contributed by atoms with Crippen molar-refractivity contribution < 1.29 is 9.90 Å². The van der Waals surface area contributed by atoms with Crippen molar-refractivity contribution in [2.75, 3.05) is 26.7 Å². The predicted molar refractivity (Wildman–Crippen MR) is 88.8 cm³/mol. The molecule has 0 aromatic rings. The molecule has 1 aliphatic heterocycles. The van der Waals surface area contributed by atoms with Crippen molar-refractivity contribution in [2.24, 2.45) is 0 Å². The fourth-order valence-corrected chi connectivity index (χ4v) is 3.90. The second-order valence-corrected chi connectivity index (χ2v) is 7.32. The Bertz CT molecular complexity index is 354. The number of hydrogen-bond donors (Lipinski definition) is 2. The minimum Gasteiger partial charge on any atom is -0.391 e. The van der Waals surface area contributed by atoms with Gasteiger partial charge in [-0.05, 0) is 46.6 Å². The molecule has 5 nitrogen and oxygen atoms in total. The number of likely N-dealkylation sites (N-methyl/N-ethyl adjacent to an activating group) is 1. The van der Waals surface area contributed by atoms with E-state index in [4.69, 9.17) is 0 Å². The van der Waals surface area contributed by atoms with Crippen LogP contribution in [0.2, 0.25) is 0 Å². The number of nitrogens with zero attached hydrogens (tertiary/aromatic N) is 2. The van der Waals surface area contributed by atoms with Crippen molar-refractivity contribution in [3.8, 4) is 0 Å². The molecular formula is C17H33N3O2. The summed E-state index contributed by atoms with van der Waals surface area (Å²) in [5, 5.41) is 13.1. The zero-order valence-electron chi connectivity index (χ0n) is 14.4. The molecule has 1 saturated heterocycles. The van der Waals surface area contributed by atoms with Gasteiger partial charge in [-0.3, -0.25) is 14.6 Å². The van der Waals surface area contributed by atoms with E-state index in [0.29, 0.717) is 18.6 Å². The number of amides is 1. The molecule has 1 aliphatic carbocycles. The minimum atomic E-state index is -0.139. The highest BCUT2D eigenvalue weighted by Crippen LogP contribution is 2.26. The molecule has 0 aromatic carbocycles. The van der Waals surface area contributed by atoms with Crippen LogP contribution in [0.4, 0.5) is 0 Å². The van der Waals surface area contributed by atoms with Crippen LogP contribution in [0.15, 0.2) is 0 Å². The number of likely N-dealkylation sites (tertiary alicyclic amines) is 1. The Kier molecular flexibility index (Phi) is 6.66. The molecular weight excluding hydrogens is 278 g/mol. The summed E-state index contributed by atoms with van der Waals surface area (Å²) in [6.45, 7) is 6.55. The number of rotatable bonds is 5. The zero-order chi connectivity index (χ0) is 16.1. The highest BCUT2D eigenvalue weighted by molar-refractivity contribution is 5.78. The summed E-state index contributed by atoms with van der Waals surface area (Å²) in [5.74, 6) is 0.114. The van der Waals surface area contributed by atoms with E-state index in [1.54, 1.807) is 0 Å². The van der Waals surface area contributed by atoms with Gasteiger partial charge in [0.1, 0.15) is 0 Å². The Morgan fingerprint density at radius 2 is 1.86 bits per heavy atom. The first-order chi connectivity index (χ1) is 10.5. The van der Waals surface area contributed by atoms with Gasteiger partial charge >= 0.3 is 0 Å². The fourth-order valence-electron chi connectivity index (χ4n) is 3.90. The van der Waals surface area contributed by atoms with Crippen LogP contribution in [0, 0.1) is 0 Å². The fraction of sp³-hybridized carbons (Fsp3) is 0.941. The summed E-state index contributed by atoms with van der Waals surface area (Å²) >= 11 is 0. The number of carbonyl (C=O) groups is 1. The maximum atomic E-state index is 11.9. The Hall–Kier alpha value is -0.650. The van der Waals surface area contributed by atoms with Gasteiger partial charge in [-0.25, -0.2) is 0 Å². The molecule has 0 spiro atoms. The molecule has 0 bridgehead atoms. The zero-order valence-corrected chi connectivity index (χ0v) is 14.4. The molecule has 1 saturated carbocycles. The molecule has 2 aliphatic rings. The number of aliphatic hydroxyl groups is 1. The highest BCUT2D eigenvalue weighted by atomic mass is 16.3. The molecule has 2 unspecified atom stereocenters. The van der Waals surface area contributed by atoms with E-state index in [1.165, 1.54) is 12.8 Å². The van der Waals surface area contributed by atoms with Gasteiger partial charge in [-0.1, -0.05) is 12.8 Å². The average molecular weight is 311 g/mol. The second-order valence-electron chi connectivity index (χ2n) is 7.32. The second kappa shape index (κ2) is 8.27. The first kappa shape index (κ1) is 17.7. The summed E-state index contributed by atoms with van der Waals surface area (Å²) in [7, 11) is 2.05. The lowest BCUT2D eigenvalue weighted by molar-refractivity contribution is -0.123. The third kappa shape index (κ3) is 4.93. The largest absolute Gasteiger partial charge is 0.391 e. The van der Waals surface area contributed by atoms with Crippen LogP contribution >= 0.6 is 0 Å². The van der Waals surface area contributed by atoms with Crippen molar-refractivity contribution in [3.63, 3.8) is 0 Å². The van der Waals surface area contributed by atoms with Gasteiger partial charge in [0.05, 0.1) is 12.6 Å². The van der Waals surface area contributed by atoms with Crippen LogP contribution in [0.25, 0.3) is 0 Å². The van der Waals surface area contributed by atoms with Gasteiger partial charge in [-0.15, -0.1) is 0 Å². The molecule has 2 fully saturated rings. The van der Waals surface area contributed by atoms with E-state index >= 15 is 0 Å². The monoisotopic (exact) mass is 311 g/mol. The van der Waals surface area contributed by atoms with Gasteiger partial charge in [-0.2, -0.15) is 0 Å². The SMILES string of the molecule is CC(C)NC(=O)CN(C)C1CCN(C2CCCCC2O)CC1. The lowest BCUT2D eigenvalue weighted by Crippen LogP contribution is -2.52. The predicted octanol–water partition coefficient (Wildman–Crippen LogP) is 1.21. The van der Waals surface area contributed by atoms with Crippen molar-refractivity contribution >= 4 is 5.91 Å². The van der Waals surface area contributed by atoms with Crippen LogP contribution in [0.3, 0.4) is 0 Å². The number of carbonyl (C=O) groups excluding carboxylic acids is 1. The topological polar surface area (TPSA) is 55.8 Å². The van der Waals surface area contributed by atoms with Crippen LogP contribution in [0.1, 0.15) is 52.4 Å². The lowest BCUT2D eigenvalue weighted by Gasteiger charge is -2.43. The quantitative estimate of drug-likeness (QED) is 0.801. The third-order valence-corrected chi connectivity index (χ3v) is 5.13. The Morgan fingerprint density at radius 3 is 2.45 bits per heavy atom. The molecule has 2 rings (SSSR count). The molecule has 0 aromatic heterocycles. The number of aliphatic hydroxyl groups excluding tert-OH is 1. The number of nitrogens with one attached hydrogen (secondary N) is 1. The van der Waals surface area contributed by atoms with Gasteiger partial charge in [0.25, 0.3) is 0 Å². The molecule has 1 heterocycles. The van der Waals surface area contributed by atoms with Crippen molar-refractivity contribution in [1.29, 1.82) is 0 Å².